The molecule has 7 rings (SSSR count). The number of halogens is 1. The van der Waals surface area contributed by atoms with Crippen LogP contribution < -0.4 is 9.64 Å². The number of nitrogens with zero attached hydrogens (tertiary/aromatic N) is 7. The number of nitriles is 1. The third-order valence-corrected chi connectivity index (χ3v) is 8.20. The van der Waals surface area contributed by atoms with E-state index in [1.807, 2.05) is 33.6 Å². The van der Waals surface area contributed by atoms with Crippen LogP contribution in [0, 0.1) is 17.1 Å². The molecule has 45 heavy (non-hydrogen) atoms. The van der Waals surface area contributed by atoms with Gasteiger partial charge in [0.15, 0.2) is 0 Å². The first-order valence-corrected chi connectivity index (χ1v) is 14.3. The summed E-state index contributed by atoms with van der Waals surface area (Å²) >= 11 is 0. The predicted molar refractivity (Wildman–Crippen MR) is 158 cm³/mol. The summed E-state index contributed by atoms with van der Waals surface area (Å²) in [5.41, 5.74) is 3.66. The molecule has 5 heterocycles. The summed E-state index contributed by atoms with van der Waals surface area (Å²) < 4.78 is 35.1. The van der Waals surface area contributed by atoms with Gasteiger partial charge in [0, 0.05) is 37.0 Å². The fourth-order valence-electron chi connectivity index (χ4n) is 5.64. The Morgan fingerprint density at radius 3 is 2.73 bits per heavy atom. The number of hydrogen-bond donors (Lipinski definition) is 1. The molecule has 2 aliphatic rings. The molecule has 0 radical (unpaired) electrons. The van der Waals surface area contributed by atoms with Crippen molar-refractivity contribution < 1.29 is 28.5 Å². The Balaban J connectivity index is 1.07. The van der Waals surface area contributed by atoms with Crippen LogP contribution in [0.2, 0.25) is 0 Å². The van der Waals surface area contributed by atoms with E-state index >= 15 is 0 Å². The SMILES string of the molecule is COC1(Cn2c(Cn3cc4c(n3)CN(c3cccc(OCc5ccc(C#N)cc5F)n3)C4)nc3ccc(C(=O)O)cc32)COC1. The fourth-order valence-corrected chi connectivity index (χ4v) is 5.64. The molecule has 2 aliphatic heterocycles. The lowest BCUT2D eigenvalue weighted by molar-refractivity contribution is -0.202. The fraction of sp³-hybridized carbons (Fsp3) is 0.281. The zero-order valence-corrected chi connectivity index (χ0v) is 24.3. The third-order valence-electron chi connectivity index (χ3n) is 8.20. The Morgan fingerprint density at radius 1 is 1.16 bits per heavy atom. The maximum absolute atomic E-state index is 14.3. The summed E-state index contributed by atoms with van der Waals surface area (Å²) in [5, 5.41) is 23.4. The van der Waals surface area contributed by atoms with Crippen LogP contribution in [-0.4, -0.2) is 61.3 Å². The van der Waals surface area contributed by atoms with Crippen LogP contribution in [0.4, 0.5) is 10.2 Å². The Bertz CT molecular complexity index is 1950. The molecule has 228 valence electrons. The molecule has 1 saturated heterocycles. The largest absolute Gasteiger partial charge is 0.478 e. The number of aromatic carboxylic acids is 1. The number of ether oxygens (including phenoxy) is 3. The van der Waals surface area contributed by atoms with Gasteiger partial charge in [0.25, 0.3) is 0 Å². The third kappa shape index (κ3) is 5.45. The number of benzene rings is 2. The summed E-state index contributed by atoms with van der Waals surface area (Å²) in [4.78, 5) is 23.2. The topological polar surface area (TPSA) is 141 Å². The van der Waals surface area contributed by atoms with Crippen LogP contribution in [0.1, 0.15) is 38.6 Å². The van der Waals surface area contributed by atoms with Crippen LogP contribution in [0.3, 0.4) is 0 Å². The van der Waals surface area contributed by atoms with Gasteiger partial charge in [-0.1, -0.05) is 12.1 Å². The molecule has 1 fully saturated rings. The molecule has 5 aromatic rings. The van der Waals surface area contributed by atoms with Crippen molar-refractivity contribution in [3.05, 3.63) is 100 Å². The predicted octanol–water partition coefficient (Wildman–Crippen LogP) is 3.90. The van der Waals surface area contributed by atoms with Gasteiger partial charge in [-0.2, -0.15) is 15.3 Å². The molecule has 0 amide bonds. The average molecular weight is 610 g/mol. The molecule has 0 bridgehead atoms. The highest BCUT2D eigenvalue weighted by molar-refractivity contribution is 5.92. The van der Waals surface area contributed by atoms with E-state index in [0.29, 0.717) is 67.7 Å². The van der Waals surface area contributed by atoms with Gasteiger partial charge in [0.2, 0.25) is 5.88 Å². The number of aromatic nitrogens is 5. The number of hydrogen-bond acceptors (Lipinski definition) is 9. The summed E-state index contributed by atoms with van der Waals surface area (Å²) in [6.07, 6.45) is 1.99. The summed E-state index contributed by atoms with van der Waals surface area (Å²) in [7, 11) is 1.65. The zero-order valence-electron chi connectivity index (χ0n) is 24.3. The van der Waals surface area contributed by atoms with E-state index < -0.39 is 17.4 Å². The highest BCUT2D eigenvalue weighted by Crippen LogP contribution is 2.30. The zero-order chi connectivity index (χ0) is 31.1. The first-order valence-electron chi connectivity index (χ1n) is 14.3. The van der Waals surface area contributed by atoms with E-state index in [0.717, 1.165) is 17.1 Å². The Hall–Kier alpha value is -5.32. The lowest BCUT2D eigenvalue weighted by Crippen LogP contribution is -2.54. The van der Waals surface area contributed by atoms with Crippen LogP contribution in [0.15, 0.2) is 60.8 Å². The number of fused-ring (bicyclic) bond motifs is 2. The minimum atomic E-state index is -1.00. The minimum absolute atomic E-state index is 0.0122. The van der Waals surface area contributed by atoms with Crippen LogP contribution in [0.5, 0.6) is 5.88 Å². The summed E-state index contributed by atoms with van der Waals surface area (Å²) in [6.45, 7) is 2.87. The standard InChI is InChI=1S/C32H28FN7O5/c1-43-32(18-44-19-32)17-40-27-10-21(31(41)42)7-8-25(27)35-29(40)15-39-13-23-12-38(14-26(23)37-39)28-3-2-4-30(36-28)45-16-22-6-5-20(11-34)9-24(22)33/h2-10,13H,12,14-19H2,1H3,(H,41,42). The van der Waals surface area contributed by atoms with E-state index in [1.54, 1.807) is 37.4 Å². The second-order valence-corrected chi connectivity index (χ2v) is 11.2. The van der Waals surface area contributed by atoms with Crippen molar-refractivity contribution in [1.29, 1.82) is 5.26 Å². The van der Waals surface area contributed by atoms with Crippen molar-refractivity contribution in [2.45, 2.75) is 38.4 Å². The van der Waals surface area contributed by atoms with E-state index in [4.69, 9.17) is 29.6 Å². The Kier molecular flexibility index (Phi) is 7.15. The summed E-state index contributed by atoms with van der Waals surface area (Å²) in [5.74, 6) is 0.309. The second-order valence-electron chi connectivity index (χ2n) is 11.2. The highest BCUT2D eigenvalue weighted by Gasteiger charge is 2.40. The van der Waals surface area contributed by atoms with Crippen LogP contribution >= 0.6 is 0 Å². The number of carboxylic acids is 1. The van der Waals surface area contributed by atoms with Crippen molar-refractivity contribution >= 4 is 22.8 Å². The van der Waals surface area contributed by atoms with Gasteiger partial charge in [-0.3, -0.25) is 4.68 Å². The van der Waals surface area contributed by atoms with E-state index in [1.165, 1.54) is 12.1 Å². The van der Waals surface area contributed by atoms with Crippen molar-refractivity contribution in [1.82, 2.24) is 24.3 Å². The van der Waals surface area contributed by atoms with Gasteiger partial charge < -0.3 is 28.8 Å². The van der Waals surface area contributed by atoms with Crippen molar-refractivity contribution in [3.63, 3.8) is 0 Å². The first kappa shape index (κ1) is 28.5. The highest BCUT2D eigenvalue weighted by atomic mass is 19.1. The van der Waals surface area contributed by atoms with Crippen LogP contribution in [0.25, 0.3) is 11.0 Å². The molecule has 2 aromatic carbocycles. The van der Waals surface area contributed by atoms with Crippen molar-refractivity contribution in [2.75, 3.05) is 25.2 Å². The molecule has 0 saturated carbocycles. The van der Waals surface area contributed by atoms with Gasteiger partial charge in [0.1, 0.15) is 29.7 Å². The molecule has 0 spiro atoms. The maximum atomic E-state index is 14.3. The number of pyridine rings is 1. The Labute approximate surface area is 256 Å². The molecular weight excluding hydrogens is 581 g/mol. The molecule has 3 aromatic heterocycles. The normalized spacial score (nSPS) is 15.1. The number of anilines is 1. The molecule has 12 nitrogen and oxygen atoms in total. The lowest BCUT2D eigenvalue weighted by Gasteiger charge is -2.40. The van der Waals surface area contributed by atoms with E-state index in [-0.39, 0.29) is 17.7 Å². The van der Waals surface area contributed by atoms with Gasteiger partial charge in [0.05, 0.1) is 66.8 Å². The van der Waals surface area contributed by atoms with Crippen LogP contribution in [-0.2, 0) is 42.3 Å². The van der Waals surface area contributed by atoms with Gasteiger partial charge in [-0.15, -0.1) is 0 Å². The molecule has 0 aliphatic carbocycles. The van der Waals surface area contributed by atoms with Gasteiger partial charge in [-0.25, -0.2) is 14.2 Å². The number of carboxylic acid groups (broad SMARTS) is 1. The molecule has 0 atom stereocenters. The number of imidazole rings is 1. The monoisotopic (exact) mass is 609 g/mol. The first-order chi connectivity index (χ1) is 21.8. The number of rotatable bonds is 10. The van der Waals surface area contributed by atoms with Crippen molar-refractivity contribution in [2.24, 2.45) is 0 Å². The summed E-state index contributed by atoms with van der Waals surface area (Å²) in [6, 6.07) is 16.6. The van der Waals surface area contributed by atoms with E-state index in [2.05, 4.69) is 9.88 Å². The molecular formula is C32H28FN7O5. The molecule has 0 unspecified atom stereocenters. The van der Waals surface area contributed by atoms with Gasteiger partial charge >= 0.3 is 5.97 Å². The molecule has 1 N–H and O–H groups in total. The minimum Gasteiger partial charge on any atom is -0.478 e. The lowest BCUT2D eigenvalue weighted by atomic mass is 10.0. The average Bonchev–Trinajstić information content (AvgIpc) is 3.69. The molecule has 13 heteroatoms. The smallest absolute Gasteiger partial charge is 0.335 e. The number of carbonyl (C=O) groups is 1. The second kappa shape index (κ2) is 11.3. The van der Waals surface area contributed by atoms with Gasteiger partial charge in [-0.05, 0) is 36.4 Å². The maximum Gasteiger partial charge on any atom is 0.335 e. The van der Waals surface area contributed by atoms with Crippen molar-refractivity contribution in [3.8, 4) is 11.9 Å². The number of methoxy groups -OCH3 is 1. The Morgan fingerprint density at radius 2 is 2.02 bits per heavy atom. The quantitative estimate of drug-likeness (QED) is 0.248. The van der Waals surface area contributed by atoms with E-state index in [9.17, 15) is 14.3 Å².